The Morgan fingerprint density at radius 3 is 2.86 bits per heavy atom. The summed E-state index contributed by atoms with van der Waals surface area (Å²) < 4.78 is 10.6. The number of rotatable bonds is 8. The minimum atomic E-state index is -0.892. The number of nitrogens with one attached hydrogen (secondary N) is 2. The van der Waals surface area contributed by atoms with E-state index in [1.54, 1.807) is 12.1 Å². The monoisotopic (exact) mass is 402 g/mol. The Labute approximate surface area is 167 Å². The lowest BCUT2D eigenvalue weighted by Crippen LogP contribution is -2.38. The van der Waals surface area contributed by atoms with E-state index in [-0.39, 0.29) is 24.8 Å². The summed E-state index contributed by atoms with van der Waals surface area (Å²) in [6.45, 7) is 2.13. The Hall–Kier alpha value is -2.74. The zero-order chi connectivity index (χ0) is 19.9. The summed E-state index contributed by atoms with van der Waals surface area (Å²) in [7, 11) is 0. The maximum absolute atomic E-state index is 12.4. The highest BCUT2D eigenvalue weighted by Crippen LogP contribution is 2.36. The molecule has 1 aromatic carbocycles. The summed E-state index contributed by atoms with van der Waals surface area (Å²) in [5, 5.41) is 4.91. The molecule has 28 heavy (non-hydrogen) atoms. The molecule has 1 aliphatic rings. The van der Waals surface area contributed by atoms with E-state index < -0.39 is 17.3 Å². The molecule has 0 spiro atoms. The summed E-state index contributed by atoms with van der Waals surface area (Å²) in [4.78, 5) is 37.9. The SMILES string of the molecule is CCC[C@@H](OC(=O)C[C@H]1Sc2ccccc2NC1=O)C(=O)NCc1ccco1. The molecule has 2 heterocycles. The number of para-hydroxylation sites is 1. The van der Waals surface area contributed by atoms with Crippen LogP contribution in [-0.4, -0.2) is 29.1 Å². The van der Waals surface area contributed by atoms with Crippen molar-refractivity contribution in [3.8, 4) is 0 Å². The predicted molar refractivity (Wildman–Crippen MR) is 105 cm³/mol. The lowest BCUT2D eigenvalue weighted by Gasteiger charge is -2.24. The third-order valence-electron chi connectivity index (χ3n) is 4.19. The van der Waals surface area contributed by atoms with Crippen LogP contribution in [0.25, 0.3) is 0 Å². The average Bonchev–Trinajstić information content (AvgIpc) is 3.20. The van der Waals surface area contributed by atoms with E-state index in [4.69, 9.17) is 9.15 Å². The number of ether oxygens (including phenoxy) is 1. The van der Waals surface area contributed by atoms with Gasteiger partial charge in [-0.2, -0.15) is 0 Å². The van der Waals surface area contributed by atoms with Gasteiger partial charge in [0.15, 0.2) is 6.10 Å². The van der Waals surface area contributed by atoms with Gasteiger partial charge in [-0.25, -0.2) is 0 Å². The number of esters is 1. The summed E-state index contributed by atoms with van der Waals surface area (Å²) in [5.41, 5.74) is 0.739. The highest BCUT2D eigenvalue weighted by molar-refractivity contribution is 8.01. The summed E-state index contributed by atoms with van der Waals surface area (Å²) in [5.74, 6) is -0.574. The maximum atomic E-state index is 12.4. The van der Waals surface area contributed by atoms with Crippen molar-refractivity contribution in [2.45, 2.75) is 49.0 Å². The molecule has 1 aliphatic heterocycles. The van der Waals surface area contributed by atoms with Crippen LogP contribution in [0.3, 0.4) is 0 Å². The van der Waals surface area contributed by atoms with Crippen molar-refractivity contribution in [1.29, 1.82) is 0 Å². The molecule has 2 amide bonds. The largest absolute Gasteiger partial charge is 0.467 e. The minimum Gasteiger partial charge on any atom is -0.467 e. The van der Waals surface area contributed by atoms with Crippen molar-refractivity contribution >= 4 is 35.2 Å². The first kappa shape index (κ1) is 20.0. The van der Waals surface area contributed by atoms with Gasteiger partial charge in [0.2, 0.25) is 5.91 Å². The van der Waals surface area contributed by atoms with E-state index in [2.05, 4.69) is 10.6 Å². The van der Waals surface area contributed by atoms with Crippen LogP contribution in [0.5, 0.6) is 0 Å². The van der Waals surface area contributed by atoms with E-state index >= 15 is 0 Å². The van der Waals surface area contributed by atoms with Gasteiger partial charge in [0, 0.05) is 4.90 Å². The van der Waals surface area contributed by atoms with E-state index in [1.165, 1.54) is 18.0 Å². The molecule has 8 heteroatoms. The number of furan rings is 1. The smallest absolute Gasteiger partial charge is 0.308 e. The lowest BCUT2D eigenvalue weighted by atomic mass is 10.2. The molecule has 0 fully saturated rings. The van der Waals surface area contributed by atoms with Crippen molar-refractivity contribution < 1.29 is 23.5 Å². The zero-order valence-corrected chi connectivity index (χ0v) is 16.3. The maximum Gasteiger partial charge on any atom is 0.308 e. The summed E-state index contributed by atoms with van der Waals surface area (Å²) in [6, 6.07) is 10.9. The first-order valence-electron chi connectivity index (χ1n) is 9.13. The molecule has 0 saturated carbocycles. The molecular formula is C20H22N2O5S. The first-order valence-corrected chi connectivity index (χ1v) is 10.0. The van der Waals surface area contributed by atoms with Crippen LogP contribution >= 0.6 is 11.8 Å². The number of thioether (sulfide) groups is 1. The second kappa shape index (κ2) is 9.45. The fourth-order valence-corrected chi connectivity index (χ4v) is 3.89. The molecule has 7 nitrogen and oxygen atoms in total. The Balaban J connectivity index is 1.55. The van der Waals surface area contributed by atoms with Crippen molar-refractivity contribution in [1.82, 2.24) is 5.32 Å². The second-order valence-electron chi connectivity index (χ2n) is 6.36. The number of carbonyl (C=O) groups is 3. The summed E-state index contributed by atoms with van der Waals surface area (Å²) >= 11 is 1.32. The van der Waals surface area contributed by atoms with Crippen LogP contribution in [0, 0.1) is 0 Å². The minimum absolute atomic E-state index is 0.101. The molecule has 2 N–H and O–H groups in total. The molecular weight excluding hydrogens is 380 g/mol. The normalized spacial score (nSPS) is 16.6. The number of carbonyl (C=O) groups excluding carboxylic acids is 3. The van der Waals surface area contributed by atoms with Gasteiger partial charge in [-0.1, -0.05) is 25.5 Å². The van der Waals surface area contributed by atoms with E-state index in [9.17, 15) is 14.4 Å². The number of anilines is 1. The van der Waals surface area contributed by atoms with E-state index in [0.29, 0.717) is 18.6 Å². The van der Waals surface area contributed by atoms with E-state index in [0.717, 1.165) is 10.6 Å². The Kier molecular flexibility index (Phi) is 6.76. The van der Waals surface area contributed by atoms with Gasteiger partial charge < -0.3 is 19.8 Å². The van der Waals surface area contributed by atoms with Gasteiger partial charge in [-0.05, 0) is 30.7 Å². The third-order valence-corrected chi connectivity index (χ3v) is 5.47. The lowest BCUT2D eigenvalue weighted by molar-refractivity contribution is -0.156. The van der Waals surface area contributed by atoms with Crippen LogP contribution in [-0.2, 0) is 25.7 Å². The van der Waals surface area contributed by atoms with Crippen molar-refractivity contribution in [3.05, 3.63) is 48.4 Å². The molecule has 1 aromatic heterocycles. The zero-order valence-electron chi connectivity index (χ0n) is 15.5. The van der Waals surface area contributed by atoms with Crippen LogP contribution < -0.4 is 10.6 Å². The van der Waals surface area contributed by atoms with Gasteiger partial charge in [0.05, 0.1) is 30.2 Å². The average molecular weight is 402 g/mol. The number of amides is 2. The molecule has 0 unspecified atom stereocenters. The first-order chi connectivity index (χ1) is 13.6. The number of hydrogen-bond acceptors (Lipinski definition) is 6. The van der Waals surface area contributed by atoms with Crippen molar-refractivity contribution in [2.75, 3.05) is 5.32 Å². The molecule has 148 valence electrons. The molecule has 0 aliphatic carbocycles. The highest BCUT2D eigenvalue weighted by atomic mass is 32.2. The Morgan fingerprint density at radius 2 is 2.11 bits per heavy atom. The van der Waals surface area contributed by atoms with Gasteiger partial charge in [-0.15, -0.1) is 11.8 Å². The van der Waals surface area contributed by atoms with Crippen LogP contribution in [0.2, 0.25) is 0 Å². The third kappa shape index (κ3) is 5.16. The molecule has 3 rings (SSSR count). The van der Waals surface area contributed by atoms with Gasteiger partial charge in [-0.3, -0.25) is 14.4 Å². The predicted octanol–water partition coefficient (Wildman–Crippen LogP) is 3.11. The van der Waals surface area contributed by atoms with Crippen molar-refractivity contribution in [3.63, 3.8) is 0 Å². The molecule has 0 bridgehead atoms. The number of benzene rings is 1. The molecule has 2 aromatic rings. The fraction of sp³-hybridized carbons (Fsp3) is 0.350. The highest BCUT2D eigenvalue weighted by Gasteiger charge is 2.31. The fourth-order valence-electron chi connectivity index (χ4n) is 2.79. The number of hydrogen-bond donors (Lipinski definition) is 2. The standard InChI is InChI=1S/C20H22N2O5S/c1-2-6-15(19(24)21-12-13-7-5-10-26-13)27-18(23)11-17-20(25)22-14-8-3-4-9-16(14)28-17/h3-5,7-10,15,17H,2,6,11-12H2,1H3,(H,21,24)(H,22,25)/t15-,17-/m1/s1. The quantitative estimate of drug-likeness (QED) is 0.659. The summed E-state index contributed by atoms with van der Waals surface area (Å²) in [6.07, 6.45) is 1.62. The van der Waals surface area contributed by atoms with Crippen LogP contribution in [0.1, 0.15) is 31.9 Å². The number of fused-ring (bicyclic) bond motifs is 1. The van der Waals surface area contributed by atoms with Crippen LogP contribution in [0.4, 0.5) is 5.69 Å². The van der Waals surface area contributed by atoms with Gasteiger partial charge in [0.25, 0.3) is 5.91 Å². The van der Waals surface area contributed by atoms with Gasteiger partial charge >= 0.3 is 5.97 Å². The van der Waals surface area contributed by atoms with Crippen molar-refractivity contribution in [2.24, 2.45) is 0 Å². The second-order valence-corrected chi connectivity index (χ2v) is 7.60. The molecule has 0 saturated heterocycles. The molecule has 2 atom stereocenters. The van der Waals surface area contributed by atoms with E-state index in [1.807, 2.05) is 31.2 Å². The van der Waals surface area contributed by atoms with Crippen LogP contribution in [0.15, 0.2) is 52.0 Å². The Bertz CT molecular complexity index is 837. The topological polar surface area (TPSA) is 97.6 Å². The molecule has 0 radical (unpaired) electrons. The van der Waals surface area contributed by atoms with Gasteiger partial charge in [0.1, 0.15) is 5.76 Å². The Morgan fingerprint density at radius 1 is 1.29 bits per heavy atom.